The molecule has 2 rings (SSSR count). The van der Waals surface area contributed by atoms with Gasteiger partial charge in [-0.3, -0.25) is 0 Å². The van der Waals surface area contributed by atoms with Crippen molar-refractivity contribution < 1.29 is 5.11 Å². The van der Waals surface area contributed by atoms with Gasteiger partial charge >= 0.3 is 0 Å². The van der Waals surface area contributed by atoms with E-state index in [0.717, 1.165) is 18.8 Å². The van der Waals surface area contributed by atoms with E-state index < -0.39 is 0 Å². The van der Waals surface area contributed by atoms with Crippen LogP contribution in [0.3, 0.4) is 0 Å². The fraction of sp³-hybridized carbons (Fsp3) is 0.500. The molecule has 13 heavy (non-hydrogen) atoms. The molecule has 0 fully saturated rings. The van der Waals surface area contributed by atoms with E-state index in [1.807, 2.05) is 13.0 Å². The Hall–Kier alpha value is -0.980. The van der Waals surface area contributed by atoms with Crippen molar-refractivity contribution in [2.75, 3.05) is 0 Å². The Morgan fingerprint density at radius 3 is 2.92 bits per heavy atom. The third-order valence-electron chi connectivity index (χ3n) is 2.92. The maximum Gasteiger partial charge on any atom is 0.119 e. The van der Waals surface area contributed by atoms with Crippen LogP contribution in [0.25, 0.3) is 0 Å². The first kappa shape index (κ1) is 8.61. The van der Waals surface area contributed by atoms with Crippen molar-refractivity contribution in [3.05, 3.63) is 28.8 Å². The zero-order valence-electron chi connectivity index (χ0n) is 8.30. The molecule has 0 aromatic heterocycles. The Bertz CT molecular complexity index is 328. The van der Waals surface area contributed by atoms with Crippen molar-refractivity contribution in [1.29, 1.82) is 0 Å². The van der Waals surface area contributed by atoms with Gasteiger partial charge < -0.3 is 5.11 Å². The van der Waals surface area contributed by atoms with Gasteiger partial charge in [-0.15, -0.1) is 0 Å². The van der Waals surface area contributed by atoms with Crippen molar-refractivity contribution in [1.82, 2.24) is 0 Å². The Morgan fingerprint density at radius 1 is 1.38 bits per heavy atom. The lowest BCUT2D eigenvalue weighted by Crippen LogP contribution is -2.11. The van der Waals surface area contributed by atoms with E-state index in [-0.39, 0.29) is 0 Å². The van der Waals surface area contributed by atoms with Gasteiger partial charge in [-0.05, 0) is 54.9 Å². The van der Waals surface area contributed by atoms with E-state index in [1.54, 1.807) is 0 Å². The molecule has 0 radical (unpaired) electrons. The van der Waals surface area contributed by atoms with Crippen LogP contribution in [0.5, 0.6) is 5.75 Å². The molecule has 1 aliphatic rings. The summed E-state index contributed by atoms with van der Waals surface area (Å²) in [6.45, 7) is 4.29. The maximum absolute atomic E-state index is 9.75. The van der Waals surface area contributed by atoms with E-state index in [4.69, 9.17) is 0 Å². The molecule has 1 atom stereocenters. The number of hydrogen-bond donors (Lipinski definition) is 1. The maximum atomic E-state index is 9.75. The Kier molecular flexibility index (Phi) is 2.03. The summed E-state index contributed by atoms with van der Waals surface area (Å²) in [4.78, 5) is 0. The zero-order chi connectivity index (χ0) is 9.42. The minimum absolute atomic E-state index is 0.501. The van der Waals surface area contributed by atoms with Crippen LogP contribution in [0, 0.1) is 12.8 Å². The molecule has 70 valence electrons. The number of hydrogen-bond acceptors (Lipinski definition) is 1. The standard InChI is InChI=1S/C12H16O/c1-8-3-4-10-5-9(2)7-12(13)11(10)6-8/h5,7-8,13H,3-4,6H2,1-2H3. The van der Waals surface area contributed by atoms with Crippen LogP contribution in [0.1, 0.15) is 30.0 Å². The van der Waals surface area contributed by atoms with E-state index in [1.165, 1.54) is 23.1 Å². The molecule has 1 aliphatic carbocycles. The van der Waals surface area contributed by atoms with Gasteiger partial charge in [0.1, 0.15) is 5.75 Å². The molecule has 0 spiro atoms. The van der Waals surface area contributed by atoms with Crippen LogP contribution in [0.4, 0.5) is 0 Å². The molecule has 0 saturated carbocycles. The second-order valence-corrected chi connectivity index (χ2v) is 4.27. The van der Waals surface area contributed by atoms with Crippen molar-refractivity contribution >= 4 is 0 Å². The third kappa shape index (κ3) is 1.55. The van der Waals surface area contributed by atoms with E-state index >= 15 is 0 Å². The number of benzene rings is 1. The fourth-order valence-corrected chi connectivity index (χ4v) is 2.18. The number of rotatable bonds is 0. The second kappa shape index (κ2) is 3.06. The molecule has 1 aromatic rings. The van der Waals surface area contributed by atoms with Crippen LogP contribution < -0.4 is 0 Å². The van der Waals surface area contributed by atoms with Crippen LogP contribution >= 0.6 is 0 Å². The third-order valence-corrected chi connectivity index (χ3v) is 2.92. The summed E-state index contributed by atoms with van der Waals surface area (Å²) < 4.78 is 0. The van der Waals surface area contributed by atoms with Gasteiger partial charge in [-0.25, -0.2) is 0 Å². The average Bonchev–Trinajstić information content (AvgIpc) is 2.06. The summed E-state index contributed by atoms with van der Waals surface area (Å²) in [6, 6.07) is 4.08. The first-order chi connectivity index (χ1) is 6.16. The molecule has 0 bridgehead atoms. The molecule has 0 saturated heterocycles. The van der Waals surface area contributed by atoms with Gasteiger partial charge in [-0.1, -0.05) is 13.0 Å². The summed E-state index contributed by atoms with van der Waals surface area (Å²) in [5, 5.41) is 9.75. The number of phenols is 1. The van der Waals surface area contributed by atoms with E-state index in [0.29, 0.717) is 5.75 Å². The molecule has 0 amide bonds. The van der Waals surface area contributed by atoms with Crippen molar-refractivity contribution in [3.63, 3.8) is 0 Å². The highest BCUT2D eigenvalue weighted by Gasteiger charge is 2.18. The molecular weight excluding hydrogens is 160 g/mol. The van der Waals surface area contributed by atoms with Crippen molar-refractivity contribution in [2.45, 2.75) is 33.1 Å². The average molecular weight is 176 g/mol. The molecule has 1 N–H and O–H groups in total. The zero-order valence-corrected chi connectivity index (χ0v) is 8.30. The molecule has 1 heteroatoms. The largest absolute Gasteiger partial charge is 0.508 e. The summed E-state index contributed by atoms with van der Waals surface area (Å²) >= 11 is 0. The molecule has 0 aliphatic heterocycles. The Morgan fingerprint density at radius 2 is 2.15 bits per heavy atom. The SMILES string of the molecule is Cc1cc(O)c2c(c1)CCC(C)C2. The summed E-state index contributed by atoms with van der Waals surface area (Å²) in [5.74, 6) is 1.22. The quantitative estimate of drug-likeness (QED) is 0.644. The minimum atomic E-state index is 0.501. The lowest BCUT2D eigenvalue weighted by atomic mass is 9.84. The predicted molar refractivity (Wildman–Crippen MR) is 54.0 cm³/mol. The highest BCUT2D eigenvalue weighted by atomic mass is 16.3. The van der Waals surface area contributed by atoms with E-state index in [2.05, 4.69) is 13.0 Å². The monoisotopic (exact) mass is 176 g/mol. The van der Waals surface area contributed by atoms with Crippen molar-refractivity contribution in [3.8, 4) is 5.75 Å². The summed E-state index contributed by atoms with van der Waals surface area (Å²) in [7, 11) is 0. The summed E-state index contributed by atoms with van der Waals surface area (Å²) in [5.41, 5.74) is 3.71. The number of fused-ring (bicyclic) bond motifs is 1. The van der Waals surface area contributed by atoms with E-state index in [9.17, 15) is 5.11 Å². The molecule has 0 heterocycles. The number of aromatic hydroxyl groups is 1. The lowest BCUT2D eigenvalue weighted by molar-refractivity contribution is 0.439. The normalized spacial score (nSPS) is 21.2. The molecule has 1 aromatic carbocycles. The molecule has 1 nitrogen and oxygen atoms in total. The highest BCUT2D eigenvalue weighted by molar-refractivity contribution is 5.44. The first-order valence-electron chi connectivity index (χ1n) is 4.98. The van der Waals surface area contributed by atoms with Gasteiger partial charge in [0, 0.05) is 0 Å². The topological polar surface area (TPSA) is 20.2 Å². The smallest absolute Gasteiger partial charge is 0.119 e. The van der Waals surface area contributed by atoms with Crippen LogP contribution in [-0.2, 0) is 12.8 Å². The number of aryl methyl sites for hydroxylation is 2. The molecular formula is C12H16O. The second-order valence-electron chi connectivity index (χ2n) is 4.27. The van der Waals surface area contributed by atoms with Crippen molar-refractivity contribution in [2.24, 2.45) is 5.92 Å². The Labute approximate surface area is 79.4 Å². The van der Waals surface area contributed by atoms with Crippen LogP contribution in [0.15, 0.2) is 12.1 Å². The Balaban J connectivity index is 2.47. The number of phenolic OH excluding ortho intramolecular Hbond substituents is 1. The van der Waals surface area contributed by atoms with Gasteiger partial charge in [0.05, 0.1) is 0 Å². The minimum Gasteiger partial charge on any atom is -0.508 e. The van der Waals surface area contributed by atoms with Gasteiger partial charge in [-0.2, -0.15) is 0 Å². The highest BCUT2D eigenvalue weighted by Crippen LogP contribution is 2.32. The summed E-state index contributed by atoms with van der Waals surface area (Å²) in [6.07, 6.45) is 3.43. The molecule has 1 unspecified atom stereocenters. The fourth-order valence-electron chi connectivity index (χ4n) is 2.18. The predicted octanol–water partition coefficient (Wildman–Crippen LogP) is 2.83. The van der Waals surface area contributed by atoms with Crippen LogP contribution in [0.2, 0.25) is 0 Å². The lowest BCUT2D eigenvalue weighted by Gasteiger charge is -2.22. The first-order valence-corrected chi connectivity index (χ1v) is 4.98. The van der Waals surface area contributed by atoms with Gasteiger partial charge in [0.2, 0.25) is 0 Å². The van der Waals surface area contributed by atoms with Gasteiger partial charge in [0.25, 0.3) is 0 Å². The van der Waals surface area contributed by atoms with Gasteiger partial charge in [0.15, 0.2) is 0 Å². The van der Waals surface area contributed by atoms with Crippen LogP contribution in [-0.4, -0.2) is 5.11 Å².